The molecule has 2 aliphatic rings. The lowest BCUT2D eigenvalue weighted by atomic mass is 10.2. The van der Waals surface area contributed by atoms with E-state index in [1.807, 2.05) is 11.8 Å². The van der Waals surface area contributed by atoms with Crippen LogP contribution < -0.4 is 4.90 Å². The van der Waals surface area contributed by atoms with E-state index >= 15 is 0 Å². The number of aromatic nitrogens is 2. The molecule has 1 aromatic rings. The molecule has 1 fully saturated rings. The molecule has 0 saturated carbocycles. The van der Waals surface area contributed by atoms with Gasteiger partial charge in [0, 0.05) is 18.7 Å². The molecular formula is C11H14ClN3OS. The van der Waals surface area contributed by atoms with Crippen LogP contribution in [0.2, 0.25) is 5.28 Å². The minimum atomic E-state index is 0.347. The van der Waals surface area contributed by atoms with Crippen LogP contribution in [-0.2, 0) is 11.2 Å². The zero-order valence-electron chi connectivity index (χ0n) is 9.65. The van der Waals surface area contributed by atoms with Gasteiger partial charge in [-0.1, -0.05) is 0 Å². The molecule has 3 heterocycles. The number of rotatable bonds is 1. The summed E-state index contributed by atoms with van der Waals surface area (Å²) in [6.45, 7) is 4.54. The Kier molecular flexibility index (Phi) is 3.15. The van der Waals surface area contributed by atoms with Gasteiger partial charge in [0.25, 0.3) is 0 Å². The van der Waals surface area contributed by atoms with Crippen LogP contribution in [-0.4, -0.2) is 41.5 Å². The zero-order valence-corrected chi connectivity index (χ0v) is 11.2. The van der Waals surface area contributed by atoms with E-state index in [9.17, 15) is 0 Å². The summed E-state index contributed by atoms with van der Waals surface area (Å²) in [6, 6.07) is 0.347. The molecule has 0 aliphatic carbocycles. The fourth-order valence-corrected chi connectivity index (χ4v) is 3.55. The van der Waals surface area contributed by atoms with Crippen molar-refractivity contribution in [1.82, 2.24) is 9.97 Å². The summed E-state index contributed by atoms with van der Waals surface area (Å²) in [4.78, 5) is 12.2. The van der Waals surface area contributed by atoms with Gasteiger partial charge in [-0.25, -0.2) is 4.98 Å². The van der Waals surface area contributed by atoms with Gasteiger partial charge in [0.1, 0.15) is 5.82 Å². The molecule has 0 spiro atoms. The maximum absolute atomic E-state index is 6.01. The molecule has 17 heavy (non-hydrogen) atoms. The van der Waals surface area contributed by atoms with Crippen LogP contribution in [0, 0.1) is 0 Å². The Balaban J connectivity index is 2.01. The van der Waals surface area contributed by atoms with Gasteiger partial charge in [-0.2, -0.15) is 4.98 Å². The molecule has 92 valence electrons. The van der Waals surface area contributed by atoms with Crippen LogP contribution in [0.15, 0.2) is 4.90 Å². The summed E-state index contributed by atoms with van der Waals surface area (Å²) in [6.07, 6.45) is 0.994. The van der Waals surface area contributed by atoms with Crippen molar-refractivity contribution >= 4 is 29.2 Å². The summed E-state index contributed by atoms with van der Waals surface area (Å²) in [5.41, 5.74) is 1.10. The van der Waals surface area contributed by atoms with Crippen LogP contribution in [0.4, 0.5) is 5.82 Å². The largest absolute Gasteiger partial charge is 0.377 e. The maximum Gasteiger partial charge on any atom is 0.224 e. The number of nitrogens with zero attached hydrogens (tertiary/aromatic N) is 3. The molecule has 1 atom stereocenters. The van der Waals surface area contributed by atoms with E-state index in [1.165, 1.54) is 4.90 Å². The van der Waals surface area contributed by atoms with E-state index < -0.39 is 0 Å². The van der Waals surface area contributed by atoms with Gasteiger partial charge >= 0.3 is 0 Å². The number of ether oxygens (including phenoxy) is 1. The third-order valence-electron chi connectivity index (χ3n) is 3.12. The third kappa shape index (κ3) is 2.11. The molecule has 0 radical (unpaired) electrons. The average Bonchev–Trinajstić information content (AvgIpc) is 2.76. The van der Waals surface area contributed by atoms with Crippen LogP contribution in [0.3, 0.4) is 0 Å². The van der Waals surface area contributed by atoms with Crippen molar-refractivity contribution in [2.45, 2.75) is 24.3 Å². The third-order valence-corrected chi connectivity index (χ3v) is 4.40. The second kappa shape index (κ2) is 4.63. The van der Waals surface area contributed by atoms with Gasteiger partial charge in [0.2, 0.25) is 5.28 Å². The monoisotopic (exact) mass is 271 g/mol. The highest BCUT2D eigenvalue weighted by molar-refractivity contribution is 7.99. The molecule has 3 rings (SSSR count). The molecule has 0 bridgehead atoms. The van der Waals surface area contributed by atoms with E-state index in [2.05, 4.69) is 21.8 Å². The highest BCUT2D eigenvalue weighted by atomic mass is 35.5. The number of hydrogen-bond donors (Lipinski definition) is 0. The first-order valence-electron chi connectivity index (χ1n) is 5.79. The van der Waals surface area contributed by atoms with Crippen molar-refractivity contribution in [2.75, 3.05) is 30.4 Å². The average molecular weight is 272 g/mol. The standard InChI is InChI=1S/C11H14ClN3OS/c1-7-6-16-4-3-15(7)10-9-8(2-5-17-9)13-11(12)14-10/h7H,2-6H2,1H3. The van der Waals surface area contributed by atoms with Gasteiger partial charge in [0.05, 0.1) is 29.8 Å². The molecular weight excluding hydrogens is 258 g/mol. The Morgan fingerprint density at radius 1 is 1.47 bits per heavy atom. The quantitative estimate of drug-likeness (QED) is 0.731. The summed E-state index contributed by atoms with van der Waals surface area (Å²) in [5, 5.41) is 0.361. The smallest absolute Gasteiger partial charge is 0.224 e. The summed E-state index contributed by atoms with van der Waals surface area (Å²) in [5.74, 6) is 2.08. The van der Waals surface area contributed by atoms with Crippen molar-refractivity contribution in [1.29, 1.82) is 0 Å². The highest BCUT2D eigenvalue weighted by Gasteiger charge is 2.27. The molecule has 1 saturated heterocycles. The van der Waals surface area contributed by atoms with Gasteiger partial charge < -0.3 is 9.64 Å². The van der Waals surface area contributed by atoms with E-state index in [0.29, 0.717) is 11.3 Å². The molecule has 0 aromatic carbocycles. The molecule has 1 aromatic heterocycles. The Hall–Kier alpha value is -0.520. The van der Waals surface area contributed by atoms with E-state index in [1.54, 1.807) is 0 Å². The van der Waals surface area contributed by atoms with Crippen molar-refractivity contribution in [2.24, 2.45) is 0 Å². The van der Waals surface area contributed by atoms with E-state index in [-0.39, 0.29) is 0 Å². The first kappa shape index (κ1) is 11.6. The number of morpholine rings is 1. The Labute approximate surface area is 110 Å². The van der Waals surface area contributed by atoms with Crippen molar-refractivity contribution in [3.05, 3.63) is 11.0 Å². The number of thioether (sulfide) groups is 1. The normalized spacial score (nSPS) is 23.9. The maximum atomic E-state index is 6.01. The number of halogens is 1. The number of aryl methyl sites for hydroxylation is 1. The Bertz CT molecular complexity index is 443. The van der Waals surface area contributed by atoms with Crippen LogP contribution in [0.25, 0.3) is 0 Å². The summed E-state index contributed by atoms with van der Waals surface area (Å²) < 4.78 is 5.46. The van der Waals surface area contributed by atoms with Crippen LogP contribution in [0.5, 0.6) is 0 Å². The topological polar surface area (TPSA) is 38.2 Å². The van der Waals surface area contributed by atoms with Gasteiger partial charge in [-0.3, -0.25) is 0 Å². The van der Waals surface area contributed by atoms with Gasteiger partial charge in [-0.15, -0.1) is 11.8 Å². The predicted octanol–water partition coefficient (Wildman–Crippen LogP) is 2.00. The first-order chi connectivity index (χ1) is 8.25. The number of anilines is 1. The zero-order chi connectivity index (χ0) is 11.8. The highest BCUT2D eigenvalue weighted by Crippen LogP contribution is 2.38. The lowest BCUT2D eigenvalue weighted by molar-refractivity contribution is 0.0982. The Morgan fingerprint density at radius 2 is 2.35 bits per heavy atom. The molecule has 0 amide bonds. The summed E-state index contributed by atoms with van der Waals surface area (Å²) >= 11 is 7.84. The van der Waals surface area contributed by atoms with Crippen molar-refractivity contribution in [3.8, 4) is 0 Å². The minimum absolute atomic E-state index is 0.347. The molecule has 2 aliphatic heterocycles. The van der Waals surface area contributed by atoms with E-state index in [0.717, 1.165) is 43.4 Å². The van der Waals surface area contributed by atoms with E-state index in [4.69, 9.17) is 16.3 Å². The second-order valence-electron chi connectivity index (χ2n) is 4.31. The number of fused-ring (bicyclic) bond motifs is 1. The van der Waals surface area contributed by atoms with Crippen molar-refractivity contribution < 1.29 is 4.74 Å². The summed E-state index contributed by atoms with van der Waals surface area (Å²) in [7, 11) is 0. The van der Waals surface area contributed by atoms with Crippen LogP contribution in [0.1, 0.15) is 12.6 Å². The Morgan fingerprint density at radius 3 is 3.18 bits per heavy atom. The van der Waals surface area contributed by atoms with Gasteiger partial charge in [0.15, 0.2) is 0 Å². The van der Waals surface area contributed by atoms with Crippen molar-refractivity contribution in [3.63, 3.8) is 0 Å². The molecule has 1 unspecified atom stereocenters. The minimum Gasteiger partial charge on any atom is -0.377 e. The van der Waals surface area contributed by atoms with Gasteiger partial charge in [-0.05, 0) is 18.5 Å². The predicted molar refractivity (Wildman–Crippen MR) is 69.1 cm³/mol. The fraction of sp³-hybridized carbons (Fsp3) is 0.636. The number of hydrogen-bond acceptors (Lipinski definition) is 5. The molecule has 4 nitrogen and oxygen atoms in total. The SMILES string of the molecule is CC1COCCN1c1nc(Cl)nc2c1SCC2. The fourth-order valence-electron chi connectivity index (χ4n) is 2.26. The molecule has 0 N–H and O–H groups in total. The lowest BCUT2D eigenvalue weighted by Crippen LogP contribution is -2.44. The second-order valence-corrected chi connectivity index (χ2v) is 5.75. The lowest BCUT2D eigenvalue weighted by Gasteiger charge is -2.35. The first-order valence-corrected chi connectivity index (χ1v) is 7.15. The van der Waals surface area contributed by atoms with Crippen LogP contribution >= 0.6 is 23.4 Å². The molecule has 6 heteroatoms.